The predicted octanol–water partition coefficient (Wildman–Crippen LogP) is 1.19. The van der Waals surface area contributed by atoms with Crippen molar-refractivity contribution < 1.29 is 19.1 Å². The number of primary amides is 1. The minimum absolute atomic E-state index is 0.253. The summed E-state index contributed by atoms with van der Waals surface area (Å²) >= 11 is 0. The molecule has 0 unspecified atom stereocenters. The van der Waals surface area contributed by atoms with Crippen molar-refractivity contribution in [2.24, 2.45) is 10.7 Å². The van der Waals surface area contributed by atoms with E-state index in [-0.39, 0.29) is 13.3 Å². The van der Waals surface area contributed by atoms with Gasteiger partial charge in [0, 0.05) is 11.6 Å². The van der Waals surface area contributed by atoms with Crippen LogP contribution in [0.4, 0.5) is 0 Å². The summed E-state index contributed by atoms with van der Waals surface area (Å²) in [4.78, 5) is 17.2. The van der Waals surface area contributed by atoms with E-state index in [1.165, 1.54) is 0 Å². The number of aliphatic hydroxyl groups excluding tert-OH is 1. The zero-order valence-electron chi connectivity index (χ0n) is 13.3. The Morgan fingerprint density at radius 1 is 1.50 bits per heavy atom. The number of furan rings is 1. The van der Waals surface area contributed by atoms with Gasteiger partial charge in [-0.25, -0.2) is 0 Å². The zero-order valence-corrected chi connectivity index (χ0v) is 13.3. The number of nitrogens with two attached hydrogens (primary N) is 1. The van der Waals surface area contributed by atoms with E-state index < -0.39 is 11.9 Å². The van der Waals surface area contributed by atoms with Crippen LogP contribution in [0.2, 0.25) is 0 Å². The molecule has 7 nitrogen and oxygen atoms in total. The standard InChI is InChI=1S/C17H19N3O4/c1-11-6-12-7-14(2-3-16(12)24-11)23-9-13-4-5-20(10-19-13)15(8-21)17(18)22/h2-7,15,21H,8-10H2,1H3,(H2,18,22)/t15-/m0/s1. The first kappa shape index (κ1) is 16.1. The third kappa shape index (κ3) is 3.41. The number of carbonyl (C=O) groups is 1. The van der Waals surface area contributed by atoms with Crippen LogP contribution in [0.1, 0.15) is 5.76 Å². The van der Waals surface area contributed by atoms with Crippen molar-refractivity contribution >= 4 is 22.6 Å². The highest BCUT2D eigenvalue weighted by Crippen LogP contribution is 2.24. The monoisotopic (exact) mass is 329 g/mol. The highest BCUT2D eigenvalue weighted by atomic mass is 16.5. The van der Waals surface area contributed by atoms with E-state index in [9.17, 15) is 9.90 Å². The average molecular weight is 329 g/mol. The lowest BCUT2D eigenvalue weighted by Gasteiger charge is -2.27. The van der Waals surface area contributed by atoms with Crippen LogP contribution in [0, 0.1) is 6.92 Å². The SMILES string of the molecule is Cc1cc2cc(OCC3=NCN([C@@H](CO)C(N)=O)C=C3)ccc2o1. The number of hydrogen-bond acceptors (Lipinski definition) is 6. The number of ether oxygens (including phenoxy) is 1. The maximum absolute atomic E-state index is 11.2. The summed E-state index contributed by atoms with van der Waals surface area (Å²) in [5.74, 6) is 1.00. The van der Waals surface area contributed by atoms with E-state index in [0.29, 0.717) is 6.61 Å². The fourth-order valence-electron chi connectivity index (χ4n) is 2.51. The van der Waals surface area contributed by atoms with Gasteiger partial charge in [0.1, 0.15) is 36.4 Å². The molecule has 0 saturated heterocycles. The minimum Gasteiger partial charge on any atom is -0.487 e. The first-order valence-electron chi connectivity index (χ1n) is 7.57. The van der Waals surface area contributed by atoms with Gasteiger partial charge in [-0.05, 0) is 37.3 Å². The molecule has 0 spiro atoms. The quantitative estimate of drug-likeness (QED) is 0.829. The molecule has 2 aromatic rings. The van der Waals surface area contributed by atoms with Gasteiger partial charge in [0.05, 0.1) is 12.3 Å². The molecule has 3 rings (SSSR count). The van der Waals surface area contributed by atoms with Crippen molar-refractivity contribution in [3.8, 4) is 5.75 Å². The van der Waals surface area contributed by atoms with Crippen LogP contribution < -0.4 is 10.5 Å². The summed E-state index contributed by atoms with van der Waals surface area (Å²) in [6.07, 6.45) is 3.44. The van der Waals surface area contributed by atoms with E-state index in [1.807, 2.05) is 31.2 Å². The molecular formula is C17H19N3O4. The summed E-state index contributed by atoms with van der Waals surface area (Å²) in [5, 5.41) is 10.2. The number of carbonyl (C=O) groups excluding carboxylic acids is 1. The number of rotatable bonds is 6. The predicted molar refractivity (Wildman–Crippen MR) is 89.8 cm³/mol. The number of benzene rings is 1. The number of aliphatic imine (C=N–C) groups is 1. The Bertz CT molecular complexity index is 809. The van der Waals surface area contributed by atoms with E-state index in [0.717, 1.165) is 28.2 Å². The van der Waals surface area contributed by atoms with Crippen LogP contribution >= 0.6 is 0 Å². The van der Waals surface area contributed by atoms with Gasteiger partial charge in [-0.15, -0.1) is 0 Å². The number of aliphatic hydroxyl groups is 1. The number of nitrogens with zero attached hydrogens (tertiary/aromatic N) is 2. The van der Waals surface area contributed by atoms with Crippen LogP contribution in [0.3, 0.4) is 0 Å². The first-order valence-corrected chi connectivity index (χ1v) is 7.57. The summed E-state index contributed by atoms with van der Waals surface area (Å²) in [6.45, 7) is 2.13. The molecule has 1 amide bonds. The molecule has 7 heteroatoms. The molecule has 1 aromatic heterocycles. The highest BCUT2D eigenvalue weighted by molar-refractivity contribution is 5.96. The second kappa shape index (κ2) is 6.76. The van der Waals surface area contributed by atoms with Gasteiger partial charge in [0.25, 0.3) is 0 Å². The topological polar surface area (TPSA) is 101 Å². The Hall–Kier alpha value is -2.80. The molecule has 0 fully saturated rings. The number of fused-ring (bicyclic) bond motifs is 1. The lowest BCUT2D eigenvalue weighted by molar-refractivity contribution is -0.123. The summed E-state index contributed by atoms with van der Waals surface area (Å²) in [5.41, 5.74) is 6.81. The molecule has 1 aliphatic rings. The van der Waals surface area contributed by atoms with Crippen molar-refractivity contribution in [2.75, 3.05) is 19.9 Å². The normalized spacial score (nSPS) is 15.4. The van der Waals surface area contributed by atoms with Crippen LogP contribution in [0.5, 0.6) is 5.75 Å². The Labute approximate surface area is 139 Å². The number of amides is 1. The van der Waals surface area contributed by atoms with Gasteiger partial charge >= 0.3 is 0 Å². The fraction of sp³-hybridized carbons (Fsp3) is 0.294. The average Bonchev–Trinajstić information content (AvgIpc) is 2.93. The molecule has 24 heavy (non-hydrogen) atoms. The lowest BCUT2D eigenvalue weighted by atomic mass is 10.2. The fourth-order valence-corrected chi connectivity index (χ4v) is 2.51. The first-order chi connectivity index (χ1) is 11.6. The van der Waals surface area contributed by atoms with E-state index in [2.05, 4.69) is 4.99 Å². The third-order valence-corrected chi connectivity index (χ3v) is 3.79. The second-order valence-electron chi connectivity index (χ2n) is 5.57. The Balaban J connectivity index is 1.60. The maximum Gasteiger partial charge on any atom is 0.242 e. The highest BCUT2D eigenvalue weighted by Gasteiger charge is 2.21. The zero-order chi connectivity index (χ0) is 17.1. The van der Waals surface area contributed by atoms with Gasteiger partial charge in [-0.1, -0.05) is 0 Å². The van der Waals surface area contributed by atoms with E-state index >= 15 is 0 Å². The second-order valence-corrected chi connectivity index (χ2v) is 5.57. The molecule has 1 aliphatic heterocycles. The maximum atomic E-state index is 11.2. The Morgan fingerprint density at radius 2 is 2.33 bits per heavy atom. The van der Waals surface area contributed by atoms with Crippen molar-refractivity contribution in [3.05, 3.63) is 42.3 Å². The van der Waals surface area contributed by atoms with Crippen molar-refractivity contribution in [3.63, 3.8) is 0 Å². The summed E-state index contributed by atoms with van der Waals surface area (Å²) in [7, 11) is 0. The van der Waals surface area contributed by atoms with Crippen molar-refractivity contribution in [1.29, 1.82) is 0 Å². The number of hydrogen-bond donors (Lipinski definition) is 2. The molecule has 0 bridgehead atoms. The lowest BCUT2D eigenvalue weighted by Crippen LogP contribution is -2.45. The largest absolute Gasteiger partial charge is 0.487 e. The van der Waals surface area contributed by atoms with Gasteiger partial charge in [-0.3, -0.25) is 9.79 Å². The smallest absolute Gasteiger partial charge is 0.242 e. The molecule has 126 valence electrons. The third-order valence-electron chi connectivity index (χ3n) is 3.79. The summed E-state index contributed by atoms with van der Waals surface area (Å²) in [6, 6.07) is 6.83. The van der Waals surface area contributed by atoms with Crippen LogP contribution in [0.25, 0.3) is 11.0 Å². The molecule has 0 radical (unpaired) electrons. The van der Waals surface area contributed by atoms with Crippen LogP contribution in [-0.2, 0) is 4.79 Å². The minimum atomic E-state index is -0.765. The Kier molecular flexibility index (Phi) is 4.52. The molecule has 2 heterocycles. The molecule has 0 aliphatic carbocycles. The number of aryl methyl sites for hydroxylation is 1. The van der Waals surface area contributed by atoms with Crippen molar-refractivity contribution in [2.45, 2.75) is 13.0 Å². The van der Waals surface area contributed by atoms with Crippen LogP contribution in [0.15, 0.2) is 46.0 Å². The van der Waals surface area contributed by atoms with Crippen molar-refractivity contribution in [1.82, 2.24) is 4.90 Å². The molecule has 1 atom stereocenters. The van der Waals surface area contributed by atoms with Gasteiger partial charge in [0.2, 0.25) is 5.91 Å². The molecule has 1 aromatic carbocycles. The molecule has 3 N–H and O–H groups in total. The van der Waals surface area contributed by atoms with Gasteiger partial charge < -0.3 is 24.9 Å². The Morgan fingerprint density at radius 3 is 3.00 bits per heavy atom. The molecule has 0 saturated carbocycles. The van der Waals surface area contributed by atoms with Gasteiger partial charge in [0.15, 0.2) is 0 Å². The van der Waals surface area contributed by atoms with Crippen LogP contribution in [-0.4, -0.2) is 47.5 Å². The summed E-state index contributed by atoms with van der Waals surface area (Å²) < 4.78 is 11.3. The van der Waals surface area contributed by atoms with E-state index in [1.54, 1.807) is 17.2 Å². The van der Waals surface area contributed by atoms with Gasteiger partial charge in [-0.2, -0.15) is 0 Å². The molecular weight excluding hydrogens is 310 g/mol. The van der Waals surface area contributed by atoms with E-state index in [4.69, 9.17) is 14.9 Å².